The Labute approximate surface area is 117 Å². The topological polar surface area (TPSA) is 12.0 Å². The van der Waals surface area contributed by atoms with Crippen LogP contribution in [-0.2, 0) is 6.54 Å². The molecule has 2 aromatic rings. The van der Waals surface area contributed by atoms with E-state index in [2.05, 4.69) is 30.3 Å². The third-order valence-corrected chi connectivity index (χ3v) is 4.60. The molecule has 1 aromatic heterocycles. The van der Waals surface area contributed by atoms with E-state index in [4.69, 9.17) is 18.0 Å². The molecule has 0 aliphatic heterocycles. The van der Waals surface area contributed by atoms with Crippen molar-refractivity contribution in [1.82, 2.24) is 5.32 Å². The van der Waals surface area contributed by atoms with Crippen LogP contribution in [0.15, 0.2) is 24.3 Å². The van der Waals surface area contributed by atoms with Gasteiger partial charge >= 0.3 is 0 Å². The van der Waals surface area contributed by atoms with Gasteiger partial charge in [0.05, 0.1) is 11.1 Å². The summed E-state index contributed by atoms with van der Waals surface area (Å²) < 4.78 is 1.23. The van der Waals surface area contributed by atoms with Crippen LogP contribution >= 0.6 is 22.9 Å². The van der Waals surface area contributed by atoms with E-state index in [0.717, 1.165) is 34.7 Å². The molecule has 0 radical (unpaired) electrons. The van der Waals surface area contributed by atoms with E-state index in [1.54, 1.807) is 11.3 Å². The van der Waals surface area contributed by atoms with Crippen LogP contribution in [0.2, 0.25) is 5.02 Å². The Morgan fingerprint density at radius 3 is 2.89 bits per heavy atom. The number of rotatable bonds is 5. The number of thiophene rings is 1. The molecule has 0 amide bonds. The Balaban J connectivity index is 2.12. The summed E-state index contributed by atoms with van der Waals surface area (Å²) in [4.78, 5) is 1.16. The molecule has 1 nitrogen and oxygen atoms in total. The second kappa shape index (κ2) is 6.24. The van der Waals surface area contributed by atoms with Gasteiger partial charge in [-0.25, -0.2) is 0 Å². The fraction of sp³-hybridized carbons (Fsp3) is 0.333. The lowest BCUT2D eigenvalue weighted by atomic mass is 10.2. The molecular weight excluding hydrogens is 262 g/mol. The minimum atomic E-state index is 0.135. The monoisotopic (exact) mass is 277 g/mol. The fourth-order valence-electron chi connectivity index (χ4n) is 1.93. The van der Waals surface area contributed by atoms with E-state index in [9.17, 15) is 0 Å². The summed E-state index contributed by atoms with van der Waals surface area (Å²) in [6, 6.07) is 8.34. The van der Waals surface area contributed by atoms with Gasteiger partial charge in [-0.3, -0.25) is 5.32 Å². The maximum atomic E-state index is 6.38. The number of hydrogen-bond donors (Lipinski definition) is 1. The first kappa shape index (κ1) is 13.4. The molecule has 0 saturated carbocycles. The third-order valence-electron chi connectivity index (χ3n) is 2.89. The van der Waals surface area contributed by atoms with Crippen LogP contribution in [0, 0.1) is 12.3 Å². The van der Waals surface area contributed by atoms with Crippen molar-refractivity contribution in [2.75, 3.05) is 0 Å². The number of benzene rings is 1. The summed E-state index contributed by atoms with van der Waals surface area (Å²) in [5, 5.41) is 5.37. The maximum Gasteiger partial charge on any atom is 0.0689 e. The minimum absolute atomic E-state index is 0.135. The SMILES string of the molecule is C#CC(CCC)NCc1sc2ccccc2c1Cl. The molecule has 18 heavy (non-hydrogen) atoms. The molecule has 1 heterocycles. The molecule has 0 bridgehead atoms. The van der Waals surface area contributed by atoms with Crippen molar-refractivity contribution < 1.29 is 0 Å². The second-order valence-corrected chi connectivity index (χ2v) is 5.74. The summed E-state index contributed by atoms with van der Waals surface area (Å²) in [5.74, 6) is 2.78. The molecule has 0 aliphatic carbocycles. The number of hydrogen-bond acceptors (Lipinski definition) is 2. The average Bonchev–Trinajstić information content (AvgIpc) is 2.72. The van der Waals surface area contributed by atoms with Gasteiger partial charge < -0.3 is 0 Å². The maximum absolute atomic E-state index is 6.38. The first-order chi connectivity index (χ1) is 8.76. The lowest BCUT2D eigenvalue weighted by Gasteiger charge is -2.10. The van der Waals surface area contributed by atoms with Crippen LogP contribution in [-0.4, -0.2) is 6.04 Å². The van der Waals surface area contributed by atoms with Crippen LogP contribution < -0.4 is 5.32 Å². The van der Waals surface area contributed by atoms with Gasteiger partial charge in [-0.05, 0) is 12.5 Å². The van der Waals surface area contributed by atoms with Crippen LogP contribution in [0.5, 0.6) is 0 Å². The normalized spacial score (nSPS) is 12.5. The summed E-state index contributed by atoms with van der Waals surface area (Å²) in [5.41, 5.74) is 0. The Morgan fingerprint density at radius 1 is 1.44 bits per heavy atom. The zero-order valence-electron chi connectivity index (χ0n) is 10.4. The first-order valence-corrected chi connectivity index (χ1v) is 7.31. The molecule has 94 valence electrons. The molecule has 0 aliphatic rings. The molecule has 3 heteroatoms. The highest BCUT2D eigenvalue weighted by atomic mass is 35.5. The third kappa shape index (κ3) is 2.87. The smallest absolute Gasteiger partial charge is 0.0689 e. The van der Waals surface area contributed by atoms with Crippen molar-refractivity contribution in [1.29, 1.82) is 0 Å². The Hall–Kier alpha value is -1.01. The lowest BCUT2D eigenvalue weighted by molar-refractivity contribution is 0.566. The predicted octanol–water partition coefficient (Wildman–Crippen LogP) is 4.45. The summed E-state index contributed by atoms with van der Waals surface area (Å²) in [6.07, 6.45) is 7.58. The standard InChI is InChI=1S/C15H16ClNS/c1-3-7-11(4-2)17-10-14-15(16)12-8-5-6-9-13(12)18-14/h2,5-6,8-9,11,17H,3,7,10H2,1H3. The molecule has 0 fully saturated rings. The van der Waals surface area contributed by atoms with Gasteiger partial charge in [-0.15, -0.1) is 17.8 Å². The van der Waals surface area contributed by atoms with E-state index >= 15 is 0 Å². The molecule has 2 rings (SSSR count). The number of nitrogens with one attached hydrogen (secondary N) is 1. The summed E-state index contributed by atoms with van der Waals surface area (Å²) >= 11 is 8.11. The quantitative estimate of drug-likeness (QED) is 0.797. The van der Waals surface area contributed by atoms with Gasteiger partial charge in [0.25, 0.3) is 0 Å². The van der Waals surface area contributed by atoms with Gasteiger partial charge in [0.15, 0.2) is 0 Å². The fourth-order valence-corrected chi connectivity index (χ4v) is 3.38. The van der Waals surface area contributed by atoms with Crippen LogP contribution in [0.3, 0.4) is 0 Å². The van der Waals surface area contributed by atoms with Gasteiger partial charge in [-0.1, -0.05) is 49.1 Å². The highest BCUT2D eigenvalue weighted by Gasteiger charge is 2.11. The van der Waals surface area contributed by atoms with Gasteiger partial charge in [0, 0.05) is 21.5 Å². The van der Waals surface area contributed by atoms with Crippen LogP contribution in [0.25, 0.3) is 10.1 Å². The van der Waals surface area contributed by atoms with Crippen molar-refractivity contribution in [2.45, 2.75) is 32.4 Å². The van der Waals surface area contributed by atoms with Crippen molar-refractivity contribution >= 4 is 33.0 Å². The number of halogens is 1. The molecule has 0 saturated heterocycles. The van der Waals surface area contributed by atoms with E-state index in [1.807, 2.05) is 12.1 Å². The van der Waals surface area contributed by atoms with Crippen molar-refractivity contribution in [3.8, 4) is 12.3 Å². The minimum Gasteiger partial charge on any atom is -0.299 e. The average molecular weight is 278 g/mol. The van der Waals surface area contributed by atoms with E-state index in [0.29, 0.717) is 0 Å². The molecular formula is C15H16ClNS. The van der Waals surface area contributed by atoms with Crippen molar-refractivity contribution in [2.24, 2.45) is 0 Å². The number of terminal acetylenes is 1. The zero-order chi connectivity index (χ0) is 13.0. The highest BCUT2D eigenvalue weighted by Crippen LogP contribution is 2.34. The van der Waals surface area contributed by atoms with Gasteiger partial charge in [-0.2, -0.15) is 0 Å². The van der Waals surface area contributed by atoms with E-state index in [-0.39, 0.29) is 6.04 Å². The summed E-state index contributed by atoms with van der Waals surface area (Å²) in [7, 11) is 0. The Morgan fingerprint density at radius 2 is 2.22 bits per heavy atom. The molecule has 1 atom stereocenters. The largest absolute Gasteiger partial charge is 0.299 e. The second-order valence-electron chi connectivity index (χ2n) is 4.22. The van der Waals surface area contributed by atoms with Gasteiger partial charge in [0.2, 0.25) is 0 Å². The Bertz CT molecular complexity index is 567. The van der Waals surface area contributed by atoms with Crippen LogP contribution in [0.1, 0.15) is 24.6 Å². The molecule has 1 aromatic carbocycles. The first-order valence-electron chi connectivity index (χ1n) is 6.11. The highest BCUT2D eigenvalue weighted by molar-refractivity contribution is 7.19. The van der Waals surface area contributed by atoms with Crippen molar-refractivity contribution in [3.63, 3.8) is 0 Å². The molecule has 1 unspecified atom stereocenters. The molecule has 1 N–H and O–H groups in total. The molecule has 0 spiro atoms. The number of fused-ring (bicyclic) bond motifs is 1. The summed E-state index contributed by atoms with van der Waals surface area (Å²) in [6.45, 7) is 2.88. The zero-order valence-corrected chi connectivity index (χ0v) is 11.9. The Kier molecular flexibility index (Phi) is 4.66. The van der Waals surface area contributed by atoms with Crippen molar-refractivity contribution in [3.05, 3.63) is 34.2 Å². The van der Waals surface area contributed by atoms with Crippen LogP contribution in [0.4, 0.5) is 0 Å². The lowest BCUT2D eigenvalue weighted by Crippen LogP contribution is -2.26. The van der Waals surface area contributed by atoms with E-state index in [1.165, 1.54) is 4.70 Å². The predicted molar refractivity (Wildman–Crippen MR) is 81.2 cm³/mol. The van der Waals surface area contributed by atoms with Gasteiger partial charge in [0.1, 0.15) is 0 Å². The van der Waals surface area contributed by atoms with E-state index < -0.39 is 0 Å².